The molecule has 3 heterocycles. The van der Waals surface area contributed by atoms with Crippen LogP contribution in [0.4, 0.5) is 4.79 Å². The summed E-state index contributed by atoms with van der Waals surface area (Å²) < 4.78 is 12.2. The molecule has 1 aliphatic carbocycles. The zero-order chi connectivity index (χ0) is 35.6. The highest BCUT2D eigenvalue weighted by molar-refractivity contribution is 7.99. The van der Waals surface area contributed by atoms with Gasteiger partial charge in [-0.2, -0.15) is 11.8 Å². The Morgan fingerprint density at radius 2 is 1.90 bits per heavy atom. The molecule has 3 aromatic rings. The number of amides is 3. The van der Waals surface area contributed by atoms with E-state index in [4.69, 9.17) is 14.5 Å². The summed E-state index contributed by atoms with van der Waals surface area (Å²) >= 11 is 1.53. The molecule has 11 nitrogen and oxygen atoms in total. The number of aryl methyl sites for hydroxylation is 1. The summed E-state index contributed by atoms with van der Waals surface area (Å²) in [6.45, 7) is 7.27. The number of aliphatic carboxylic acids is 1. The van der Waals surface area contributed by atoms with Gasteiger partial charge in [0.05, 0.1) is 17.8 Å². The molecule has 6 rings (SSSR count). The predicted octanol–water partition coefficient (Wildman–Crippen LogP) is 5.49. The first-order valence-electron chi connectivity index (χ1n) is 17.1. The maximum absolute atomic E-state index is 14.4. The summed E-state index contributed by atoms with van der Waals surface area (Å²) in [7, 11) is 0. The highest BCUT2D eigenvalue weighted by atomic mass is 32.2. The van der Waals surface area contributed by atoms with Gasteiger partial charge in [-0.1, -0.05) is 48.6 Å². The lowest BCUT2D eigenvalue weighted by Crippen LogP contribution is -2.57. The summed E-state index contributed by atoms with van der Waals surface area (Å²) in [6, 6.07) is 15.5. The van der Waals surface area contributed by atoms with Crippen molar-refractivity contribution in [1.82, 2.24) is 20.5 Å². The number of ether oxygens (including phenoxy) is 2. The van der Waals surface area contributed by atoms with Crippen molar-refractivity contribution in [1.29, 1.82) is 0 Å². The first kappa shape index (κ1) is 35.3. The van der Waals surface area contributed by atoms with Gasteiger partial charge in [-0.25, -0.2) is 14.6 Å². The lowest BCUT2D eigenvalue weighted by molar-refractivity contribution is -0.145. The van der Waals surface area contributed by atoms with Gasteiger partial charge in [0, 0.05) is 35.1 Å². The second-order valence-corrected chi connectivity index (χ2v) is 15.4. The van der Waals surface area contributed by atoms with Crippen molar-refractivity contribution in [3.8, 4) is 17.0 Å². The van der Waals surface area contributed by atoms with Crippen LogP contribution in [0.5, 0.6) is 5.75 Å². The second kappa shape index (κ2) is 14.3. The van der Waals surface area contributed by atoms with E-state index in [0.29, 0.717) is 5.75 Å². The number of pyridine rings is 1. The number of carboxylic acid groups (broad SMARTS) is 1. The molecule has 1 saturated carbocycles. The van der Waals surface area contributed by atoms with Crippen molar-refractivity contribution in [2.45, 2.75) is 82.7 Å². The van der Waals surface area contributed by atoms with Crippen LogP contribution in [0.2, 0.25) is 0 Å². The summed E-state index contributed by atoms with van der Waals surface area (Å²) in [5.41, 5.74) is 1.20. The topological polar surface area (TPSA) is 147 Å². The first-order valence-corrected chi connectivity index (χ1v) is 18.2. The van der Waals surface area contributed by atoms with Crippen LogP contribution < -0.4 is 15.4 Å². The number of hydrogen-bond donors (Lipinski definition) is 3. The van der Waals surface area contributed by atoms with E-state index in [1.165, 1.54) is 16.7 Å². The Morgan fingerprint density at radius 1 is 1.12 bits per heavy atom. The fourth-order valence-corrected chi connectivity index (χ4v) is 7.57. The molecule has 2 aliphatic heterocycles. The van der Waals surface area contributed by atoms with Gasteiger partial charge in [-0.05, 0) is 70.4 Å². The molecule has 3 amide bonds. The van der Waals surface area contributed by atoms with E-state index >= 15 is 0 Å². The molecule has 0 bridgehead atoms. The Hall–Kier alpha value is -4.58. The van der Waals surface area contributed by atoms with Crippen molar-refractivity contribution in [3.63, 3.8) is 0 Å². The minimum Gasteiger partial charge on any atom is -0.488 e. The molecule has 3 aliphatic rings. The van der Waals surface area contributed by atoms with Crippen LogP contribution in [-0.4, -0.2) is 86.2 Å². The standard InChI is InChI=1S/C38H44N4O7S/c1-23-14-15-27-29(17-23)39-28(24-11-7-5-8-12-24)19-32(27)48-26-18-31-33(43)41-38(35(45)46)20-25(38)13-9-6-10-16-50-22-30(34(44)42(31)21-26)40-36(47)49-37(2,3)4/h5,7-9,11-15,17,19,25-26,30-31H,6,10,16,18,20-22H2,1-4H3,(H,40,47)(H,41,43)(H,45,46)/b13-9-/t25?,26-,30+,31+,38-/m1/s1. The Bertz CT molecular complexity index is 1810. The summed E-state index contributed by atoms with van der Waals surface area (Å²) in [4.78, 5) is 60.2. The van der Waals surface area contributed by atoms with Crippen molar-refractivity contribution in [3.05, 3.63) is 72.3 Å². The molecule has 50 heavy (non-hydrogen) atoms. The van der Waals surface area contributed by atoms with Gasteiger partial charge in [0.25, 0.3) is 0 Å². The van der Waals surface area contributed by atoms with Crippen molar-refractivity contribution in [2.24, 2.45) is 5.92 Å². The maximum Gasteiger partial charge on any atom is 0.408 e. The maximum atomic E-state index is 14.4. The summed E-state index contributed by atoms with van der Waals surface area (Å²) in [5, 5.41) is 16.5. The number of aromatic nitrogens is 1. The van der Waals surface area contributed by atoms with Crippen LogP contribution in [-0.2, 0) is 19.1 Å². The molecule has 264 valence electrons. The molecule has 2 aromatic carbocycles. The van der Waals surface area contributed by atoms with Gasteiger partial charge >= 0.3 is 12.1 Å². The molecule has 2 fully saturated rings. The van der Waals surface area contributed by atoms with Crippen molar-refractivity contribution >= 4 is 46.5 Å². The predicted molar refractivity (Wildman–Crippen MR) is 192 cm³/mol. The smallest absolute Gasteiger partial charge is 0.408 e. The average Bonchev–Trinajstić information content (AvgIpc) is 3.59. The number of benzene rings is 2. The monoisotopic (exact) mass is 700 g/mol. The molecule has 3 N–H and O–H groups in total. The van der Waals surface area contributed by atoms with E-state index in [0.717, 1.165) is 46.3 Å². The highest BCUT2D eigenvalue weighted by Gasteiger charge is 2.61. The number of alkyl carbamates (subject to hydrolysis) is 1. The van der Waals surface area contributed by atoms with Crippen LogP contribution in [0.3, 0.4) is 0 Å². The number of allylic oxidation sites excluding steroid dienone is 1. The normalized spacial score (nSPS) is 26.4. The minimum absolute atomic E-state index is 0.0494. The third kappa shape index (κ3) is 7.90. The van der Waals surface area contributed by atoms with Gasteiger partial charge < -0.3 is 30.1 Å². The molecule has 1 aromatic heterocycles. The third-order valence-electron chi connectivity index (χ3n) is 9.18. The average molecular weight is 701 g/mol. The molecule has 1 saturated heterocycles. The molecule has 1 unspecified atom stereocenters. The van der Waals surface area contributed by atoms with Gasteiger partial charge in [-0.15, -0.1) is 0 Å². The molecular formula is C38H44N4O7S. The van der Waals surface area contributed by atoms with E-state index < -0.39 is 53.2 Å². The second-order valence-electron chi connectivity index (χ2n) is 14.3. The van der Waals surface area contributed by atoms with Crippen molar-refractivity contribution < 1.29 is 33.8 Å². The number of carbonyl (C=O) groups excluding carboxylic acids is 3. The third-order valence-corrected chi connectivity index (χ3v) is 10.3. The van der Waals surface area contributed by atoms with Crippen LogP contribution in [0.15, 0.2) is 66.7 Å². The van der Waals surface area contributed by atoms with Gasteiger partial charge in [0.2, 0.25) is 11.8 Å². The number of fused-ring (bicyclic) bond motifs is 3. The number of carboxylic acids is 1. The number of rotatable bonds is 5. The largest absolute Gasteiger partial charge is 0.488 e. The zero-order valence-electron chi connectivity index (χ0n) is 28.8. The van der Waals surface area contributed by atoms with Crippen LogP contribution in [0.25, 0.3) is 22.2 Å². The SMILES string of the molecule is Cc1ccc2c(O[C@@H]3C[C@H]4C(=O)N[C@]5(C(=O)O)CC5/C=C\CCCSC[C@H](NC(=O)OC(C)(C)C)C(=O)N4C3)cc(-c3ccccc3)nc2c1. The van der Waals surface area contributed by atoms with Crippen molar-refractivity contribution in [2.75, 3.05) is 18.1 Å². The number of nitrogens with one attached hydrogen (secondary N) is 2. The molecule has 0 radical (unpaired) electrons. The number of hydrogen-bond acceptors (Lipinski definition) is 8. The van der Waals surface area contributed by atoms with E-state index in [2.05, 4.69) is 10.6 Å². The number of thioether (sulfide) groups is 1. The van der Waals surface area contributed by atoms with E-state index in [-0.39, 0.29) is 31.1 Å². The van der Waals surface area contributed by atoms with Crippen LogP contribution in [0, 0.1) is 12.8 Å². The summed E-state index contributed by atoms with van der Waals surface area (Å²) in [5.74, 6) is -0.925. The fraction of sp³-hybridized carbons (Fsp3) is 0.447. The lowest BCUT2D eigenvalue weighted by atomic mass is 10.1. The molecular weight excluding hydrogens is 657 g/mol. The molecule has 0 spiro atoms. The molecule has 12 heteroatoms. The van der Waals surface area contributed by atoms with Gasteiger partial charge in [-0.3, -0.25) is 9.59 Å². The van der Waals surface area contributed by atoms with Crippen LogP contribution >= 0.6 is 11.8 Å². The fourth-order valence-electron chi connectivity index (χ4n) is 6.57. The minimum atomic E-state index is -1.44. The Morgan fingerprint density at radius 3 is 2.64 bits per heavy atom. The first-order chi connectivity index (χ1) is 23.8. The summed E-state index contributed by atoms with van der Waals surface area (Å²) in [6.07, 6.45) is 4.41. The highest BCUT2D eigenvalue weighted by Crippen LogP contribution is 2.45. The van der Waals surface area contributed by atoms with E-state index in [9.17, 15) is 24.3 Å². The Labute approximate surface area is 296 Å². The molecule has 5 atom stereocenters. The number of nitrogens with zero attached hydrogens (tertiary/aromatic N) is 2. The van der Waals surface area contributed by atoms with E-state index in [1.54, 1.807) is 20.8 Å². The zero-order valence-corrected chi connectivity index (χ0v) is 29.6. The number of carbonyl (C=O) groups is 4. The van der Waals surface area contributed by atoms with Gasteiger partial charge in [0.15, 0.2) is 0 Å². The van der Waals surface area contributed by atoms with Gasteiger partial charge in [0.1, 0.15) is 35.1 Å². The van der Waals surface area contributed by atoms with E-state index in [1.807, 2.05) is 73.7 Å². The Balaban J connectivity index is 1.34. The Kier molecular flexibility index (Phi) is 10.1. The van der Waals surface area contributed by atoms with Crippen LogP contribution in [0.1, 0.15) is 52.0 Å². The quantitative estimate of drug-likeness (QED) is 0.294. The lowest BCUT2D eigenvalue weighted by Gasteiger charge is -2.30.